The lowest BCUT2D eigenvalue weighted by Crippen LogP contribution is -2.15. The predicted octanol–water partition coefficient (Wildman–Crippen LogP) is 19.2. The van der Waals surface area contributed by atoms with E-state index < -0.39 is 0 Å². The van der Waals surface area contributed by atoms with Gasteiger partial charge in [-0.2, -0.15) is 0 Å². The van der Waals surface area contributed by atoms with E-state index in [-0.39, 0.29) is 5.41 Å². The molecule has 0 heteroatoms. The van der Waals surface area contributed by atoms with Gasteiger partial charge in [0.2, 0.25) is 0 Å². The Morgan fingerprint density at radius 3 is 1.25 bits per heavy atom. The van der Waals surface area contributed by atoms with Crippen LogP contribution in [0.25, 0.3) is 154 Å². The molecule has 3 aliphatic rings. The molecule has 0 amide bonds. The zero-order valence-electron chi connectivity index (χ0n) is 38.3. The molecule has 0 atom stereocenters. The Bertz CT molecular complexity index is 4440. The first kappa shape index (κ1) is 37.5. The summed E-state index contributed by atoms with van der Waals surface area (Å²) in [7, 11) is 0. The van der Waals surface area contributed by atoms with Gasteiger partial charge in [-0.15, -0.1) is 0 Å². The van der Waals surface area contributed by atoms with Gasteiger partial charge in [-0.25, -0.2) is 0 Å². The third-order valence-electron chi connectivity index (χ3n) is 16.5. The lowest BCUT2D eigenvalue weighted by Gasteiger charge is -2.25. The molecule has 16 rings (SSSR count). The Morgan fingerprint density at radius 2 is 0.652 bits per heavy atom. The Hall–Kier alpha value is -8.58. The minimum atomic E-state index is -0.262. The van der Waals surface area contributed by atoms with Gasteiger partial charge in [0, 0.05) is 5.41 Å². The van der Waals surface area contributed by atoms with Crippen LogP contribution in [-0.2, 0) is 5.41 Å². The lowest BCUT2D eigenvalue weighted by molar-refractivity contribution is 0.661. The molecule has 0 nitrogen and oxygen atoms in total. The van der Waals surface area contributed by atoms with Gasteiger partial charge in [-0.1, -0.05) is 208 Å². The second-order valence-electron chi connectivity index (χ2n) is 20.2. The fraction of sp³-hybridized carbons (Fsp3) is 0.0435. The van der Waals surface area contributed by atoms with E-state index in [1.807, 2.05) is 0 Å². The van der Waals surface area contributed by atoms with Gasteiger partial charge < -0.3 is 0 Å². The van der Waals surface area contributed by atoms with Crippen LogP contribution in [0.4, 0.5) is 0 Å². The summed E-state index contributed by atoms with van der Waals surface area (Å²) in [6.07, 6.45) is 0. The normalized spacial score (nSPS) is 13.5. The van der Waals surface area contributed by atoms with E-state index in [2.05, 4.69) is 232 Å². The van der Waals surface area contributed by atoms with Crippen LogP contribution in [0.1, 0.15) is 25.0 Å². The summed E-state index contributed by atoms with van der Waals surface area (Å²) < 4.78 is 0. The van der Waals surface area contributed by atoms with Crippen molar-refractivity contribution in [2.75, 3.05) is 0 Å². The number of rotatable bonds is 3. The molecule has 0 fully saturated rings. The van der Waals surface area contributed by atoms with Crippen molar-refractivity contribution in [3.63, 3.8) is 0 Å². The molecule has 3 aliphatic carbocycles. The van der Waals surface area contributed by atoms with Gasteiger partial charge in [0.1, 0.15) is 0 Å². The highest BCUT2D eigenvalue weighted by atomic mass is 14.4. The molecule has 0 bridgehead atoms. The summed E-state index contributed by atoms with van der Waals surface area (Å²) in [4.78, 5) is 0. The minimum Gasteiger partial charge on any atom is -0.0616 e. The van der Waals surface area contributed by atoms with Gasteiger partial charge in [-0.05, 0) is 189 Å². The number of hydrogen-bond acceptors (Lipinski definition) is 0. The fourth-order valence-electron chi connectivity index (χ4n) is 13.5. The second kappa shape index (κ2) is 13.3. The van der Waals surface area contributed by atoms with Crippen molar-refractivity contribution in [1.29, 1.82) is 0 Å². The van der Waals surface area contributed by atoms with Gasteiger partial charge >= 0.3 is 0 Å². The average Bonchev–Trinajstić information content (AvgIpc) is 3.99. The number of benzene rings is 13. The summed E-state index contributed by atoms with van der Waals surface area (Å²) in [6, 6.07) is 83.3. The Kier molecular flexibility index (Phi) is 7.24. The molecule has 0 N–H and O–H groups in total. The van der Waals surface area contributed by atoms with Crippen LogP contribution in [0.15, 0.2) is 218 Å². The van der Waals surface area contributed by atoms with E-state index >= 15 is 0 Å². The molecule has 0 aromatic heterocycles. The van der Waals surface area contributed by atoms with Crippen molar-refractivity contribution in [3.8, 4) is 89.0 Å². The summed E-state index contributed by atoms with van der Waals surface area (Å²) in [5.74, 6) is 0. The highest BCUT2D eigenvalue weighted by Gasteiger charge is 2.37. The van der Waals surface area contributed by atoms with Crippen molar-refractivity contribution >= 4 is 64.6 Å². The first-order valence-corrected chi connectivity index (χ1v) is 24.4. The standard InChI is InChI=1S/C69H42/c1-69(2)63-36-40(59-35-39-15-3-4-16-41(39)42-17-5-10-22-47(42)59)29-30-48(63)60-37-61-62(38-64(60)69)68(58-34-32-56-46-21-9-7-19-44(46)50-26-14-28-54(58)66(50)56)52-24-12-11-23-51(52)67(61)57-33-31-55-45-20-8-6-18-43(45)49-25-13-27-53(57)65(49)55/h3-38H,1-2H3. The Balaban J connectivity index is 1.01. The molecule has 0 saturated carbocycles. The van der Waals surface area contributed by atoms with Crippen LogP contribution in [-0.4, -0.2) is 0 Å². The molecule has 0 aliphatic heterocycles. The predicted molar refractivity (Wildman–Crippen MR) is 294 cm³/mol. The summed E-state index contributed by atoms with van der Waals surface area (Å²) in [5.41, 5.74) is 23.4. The molecule has 13 aromatic rings. The monoisotopic (exact) mass is 870 g/mol. The van der Waals surface area contributed by atoms with Crippen molar-refractivity contribution in [3.05, 3.63) is 230 Å². The summed E-state index contributed by atoms with van der Waals surface area (Å²) >= 11 is 0. The second-order valence-corrected chi connectivity index (χ2v) is 20.2. The van der Waals surface area contributed by atoms with E-state index in [1.165, 1.54) is 165 Å². The molecular weight excluding hydrogens is 829 g/mol. The largest absolute Gasteiger partial charge is 0.0616 e. The maximum atomic E-state index is 2.61. The maximum Gasteiger partial charge on any atom is 0.0159 e. The van der Waals surface area contributed by atoms with E-state index in [9.17, 15) is 0 Å². The highest BCUT2D eigenvalue weighted by molar-refractivity contribution is 6.30. The van der Waals surface area contributed by atoms with Crippen LogP contribution >= 0.6 is 0 Å². The van der Waals surface area contributed by atoms with E-state index in [4.69, 9.17) is 0 Å². The van der Waals surface area contributed by atoms with Crippen LogP contribution in [0, 0.1) is 0 Å². The molecule has 13 aromatic carbocycles. The molecule has 0 radical (unpaired) electrons. The van der Waals surface area contributed by atoms with Crippen LogP contribution < -0.4 is 0 Å². The topological polar surface area (TPSA) is 0 Å². The van der Waals surface area contributed by atoms with E-state index in [0.717, 1.165) is 0 Å². The molecule has 69 heavy (non-hydrogen) atoms. The van der Waals surface area contributed by atoms with Crippen molar-refractivity contribution in [1.82, 2.24) is 0 Å². The SMILES string of the molecule is CC1(C)c2cc(-c3cc4ccccc4c4ccccc34)ccc2-c2cc3c(-c4ccc5c6c(cccc46)-c4ccccc4-5)c4ccccc4c(-c4ccc5c6c(cccc46)-c4ccccc4-5)c3cc21. The smallest absolute Gasteiger partial charge is 0.0159 e. The fourth-order valence-corrected chi connectivity index (χ4v) is 13.5. The third-order valence-corrected chi connectivity index (χ3v) is 16.5. The van der Waals surface area contributed by atoms with E-state index in [0.29, 0.717) is 0 Å². The first-order valence-electron chi connectivity index (χ1n) is 24.4. The number of hydrogen-bond donors (Lipinski definition) is 0. The van der Waals surface area contributed by atoms with Crippen molar-refractivity contribution in [2.45, 2.75) is 19.3 Å². The maximum absolute atomic E-state index is 2.61. The number of fused-ring (bicyclic) bond motifs is 14. The Morgan fingerprint density at radius 1 is 0.232 bits per heavy atom. The molecule has 0 heterocycles. The first-order chi connectivity index (χ1) is 34.0. The van der Waals surface area contributed by atoms with Crippen LogP contribution in [0.3, 0.4) is 0 Å². The minimum absolute atomic E-state index is 0.262. The Labute approximate surface area is 400 Å². The lowest BCUT2D eigenvalue weighted by atomic mass is 9.78. The van der Waals surface area contributed by atoms with E-state index in [1.54, 1.807) is 0 Å². The molecule has 0 unspecified atom stereocenters. The van der Waals surface area contributed by atoms with Crippen LogP contribution in [0.2, 0.25) is 0 Å². The molecular formula is C69H42. The third kappa shape index (κ3) is 4.83. The zero-order chi connectivity index (χ0) is 45.3. The van der Waals surface area contributed by atoms with Gasteiger partial charge in [0.25, 0.3) is 0 Å². The van der Waals surface area contributed by atoms with Gasteiger partial charge in [-0.3, -0.25) is 0 Å². The van der Waals surface area contributed by atoms with Gasteiger partial charge in [0.05, 0.1) is 0 Å². The molecule has 0 saturated heterocycles. The summed E-state index contributed by atoms with van der Waals surface area (Å²) in [6.45, 7) is 4.90. The average molecular weight is 871 g/mol. The quantitative estimate of drug-likeness (QED) is 0.123. The van der Waals surface area contributed by atoms with Crippen LogP contribution in [0.5, 0.6) is 0 Å². The zero-order valence-corrected chi connectivity index (χ0v) is 38.3. The molecule has 318 valence electrons. The van der Waals surface area contributed by atoms with Crippen molar-refractivity contribution < 1.29 is 0 Å². The van der Waals surface area contributed by atoms with Crippen molar-refractivity contribution in [2.24, 2.45) is 0 Å². The van der Waals surface area contributed by atoms with Gasteiger partial charge in [0.15, 0.2) is 0 Å². The molecule has 0 spiro atoms. The highest BCUT2D eigenvalue weighted by Crippen LogP contribution is 2.58. The summed E-state index contributed by atoms with van der Waals surface area (Å²) in [5, 5.41) is 15.6.